The van der Waals surface area contributed by atoms with Gasteiger partial charge < -0.3 is 10.6 Å². The molecule has 3 rings (SSSR count). The zero-order chi connectivity index (χ0) is 18.9. The lowest BCUT2D eigenvalue weighted by Gasteiger charge is -2.17. The molecule has 0 heterocycles. The van der Waals surface area contributed by atoms with Crippen molar-refractivity contribution < 1.29 is 14.4 Å². The van der Waals surface area contributed by atoms with Crippen LogP contribution in [0.15, 0.2) is 42.5 Å². The monoisotopic (exact) mass is 350 g/mol. The molecule has 5 nitrogen and oxygen atoms in total. The molecule has 0 saturated heterocycles. The second-order valence-electron chi connectivity index (χ2n) is 6.94. The number of anilines is 2. The van der Waals surface area contributed by atoms with E-state index in [1.165, 1.54) is 6.92 Å². The van der Waals surface area contributed by atoms with E-state index in [0.717, 1.165) is 16.8 Å². The highest BCUT2D eigenvalue weighted by molar-refractivity contribution is 6.17. The summed E-state index contributed by atoms with van der Waals surface area (Å²) in [4.78, 5) is 36.7. The molecule has 26 heavy (non-hydrogen) atoms. The topological polar surface area (TPSA) is 75.3 Å². The van der Waals surface area contributed by atoms with Crippen LogP contribution in [0.1, 0.15) is 41.3 Å². The molecule has 0 spiro atoms. The second kappa shape index (κ2) is 6.75. The molecule has 134 valence electrons. The van der Waals surface area contributed by atoms with Crippen LogP contribution in [-0.4, -0.2) is 17.6 Å². The standard InChI is InChI=1S/C21H22N2O3/c1-13-4-9-18(14(2)12-13)23-20(26)21(10-11-21)19(25)22-17-7-5-16(6-8-17)15(3)24/h4-9,12H,10-11H2,1-3H3,(H,22,25)(H,23,26). The van der Waals surface area contributed by atoms with Crippen LogP contribution in [-0.2, 0) is 9.59 Å². The van der Waals surface area contributed by atoms with Gasteiger partial charge in [-0.05, 0) is 69.5 Å². The van der Waals surface area contributed by atoms with E-state index in [4.69, 9.17) is 0 Å². The van der Waals surface area contributed by atoms with Crippen LogP contribution in [0.2, 0.25) is 0 Å². The van der Waals surface area contributed by atoms with Gasteiger partial charge in [0.05, 0.1) is 0 Å². The highest BCUT2D eigenvalue weighted by Crippen LogP contribution is 2.47. The quantitative estimate of drug-likeness (QED) is 0.635. The van der Waals surface area contributed by atoms with Crippen LogP contribution < -0.4 is 10.6 Å². The number of hydrogen-bond acceptors (Lipinski definition) is 3. The number of Topliss-reactive ketones (excluding diaryl/α,β-unsaturated/α-hetero) is 1. The number of carbonyl (C=O) groups is 3. The number of aryl methyl sites for hydroxylation is 2. The largest absolute Gasteiger partial charge is 0.325 e. The fourth-order valence-corrected chi connectivity index (χ4v) is 2.92. The number of amides is 2. The van der Waals surface area contributed by atoms with Gasteiger partial charge in [-0.2, -0.15) is 0 Å². The minimum absolute atomic E-state index is 0.0330. The fourth-order valence-electron chi connectivity index (χ4n) is 2.92. The highest BCUT2D eigenvalue weighted by atomic mass is 16.2. The number of carbonyl (C=O) groups excluding carboxylic acids is 3. The maximum absolute atomic E-state index is 12.7. The van der Waals surface area contributed by atoms with E-state index in [9.17, 15) is 14.4 Å². The van der Waals surface area contributed by atoms with E-state index in [2.05, 4.69) is 10.6 Å². The second-order valence-corrected chi connectivity index (χ2v) is 6.94. The first-order valence-electron chi connectivity index (χ1n) is 8.63. The average molecular weight is 350 g/mol. The van der Waals surface area contributed by atoms with Gasteiger partial charge in [0.1, 0.15) is 5.41 Å². The third-order valence-electron chi connectivity index (χ3n) is 4.80. The highest BCUT2D eigenvalue weighted by Gasteiger charge is 2.56. The summed E-state index contributed by atoms with van der Waals surface area (Å²) < 4.78 is 0. The van der Waals surface area contributed by atoms with Crippen LogP contribution in [0.5, 0.6) is 0 Å². The molecule has 1 fully saturated rings. The third kappa shape index (κ3) is 3.52. The van der Waals surface area contributed by atoms with Crippen LogP contribution in [0.3, 0.4) is 0 Å². The van der Waals surface area contributed by atoms with E-state index in [1.54, 1.807) is 24.3 Å². The Kier molecular flexibility index (Phi) is 4.64. The van der Waals surface area contributed by atoms with Gasteiger partial charge in [-0.15, -0.1) is 0 Å². The lowest BCUT2D eigenvalue weighted by atomic mass is 10.0. The molecule has 1 aliphatic rings. The smallest absolute Gasteiger partial charge is 0.240 e. The van der Waals surface area contributed by atoms with Crippen molar-refractivity contribution in [2.45, 2.75) is 33.6 Å². The first-order chi connectivity index (χ1) is 12.3. The SMILES string of the molecule is CC(=O)c1ccc(NC(=O)C2(C(=O)Nc3ccc(C)cc3C)CC2)cc1. The van der Waals surface area contributed by atoms with Crippen LogP contribution in [0, 0.1) is 19.3 Å². The first kappa shape index (κ1) is 17.9. The van der Waals surface area contributed by atoms with Gasteiger partial charge in [-0.25, -0.2) is 0 Å². The fraction of sp³-hybridized carbons (Fsp3) is 0.286. The van der Waals surface area contributed by atoms with Crippen molar-refractivity contribution >= 4 is 29.0 Å². The van der Waals surface area contributed by atoms with Crippen molar-refractivity contribution in [3.63, 3.8) is 0 Å². The Bertz CT molecular complexity index is 881. The lowest BCUT2D eigenvalue weighted by molar-refractivity contribution is -0.131. The van der Waals surface area contributed by atoms with Gasteiger partial charge in [0.2, 0.25) is 11.8 Å². The van der Waals surface area contributed by atoms with E-state index in [0.29, 0.717) is 24.1 Å². The Morgan fingerprint density at radius 3 is 2.04 bits per heavy atom. The van der Waals surface area contributed by atoms with Crippen molar-refractivity contribution in [2.75, 3.05) is 10.6 Å². The number of ketones is 1. The Labute approximate surface area is 152 Å². The predicted octanol–water partition coefficient (Wildman–Crippen LogP) is 3.86. The summed E-state index contributed by atoms with van der Waals surface area (Å²) in [5.41, 5.74) is 2.95. The van der Waals surface area contributed by atoms with Gasteiger partial charge in [-0.3, -0.25) is 14.4 Å². The molecule has 0 aliphatic heterocycles. The molecule has 0 unspecified atom stereocenters. The maximum atomic E-state index is 12.7. The van der Waals surface area contributed by atoms with Crippen molar-refractivity contribution in [1.29, 1.82) is 0 Å². The summed E-state index contributed by atoms with van der Waals surface area (Å²) in [6, 6.07) is 12.4. The summed E-state index contributed by atoms with van der Waals surface area (Å²) >= 11 is 0. The van der Waals surface area contributed by atoms with Crippen LogP contribution in [0.25, 0.3) is 0 Å². The molecule has 1 saturated carbocycles. The summed E-state index contributed by atoms with van der Waals surface area (Å²) in [6.45, 7) is 5.41. The maximum Gasteiger partial charge on any atom is 0.240 e. The van der Waals surface area contributed by atoms with Crippen molar-refractivity contribution in [3.8, 4) is 0 Å². The molecule has 2 amide bonds. The molecule has 0 atom stereocenters. The number of benzene rings is 2. The van der Waals surface area contributed by atoms with Crippen LogP contribution in [0.4, 0.5) is 11.4 Å². The number of rotatable bonds is 5. The van der Waals surface area contributed by atoms with Gasteiger partial charge in [0.25, 0.3) is 0 Å². The third-order valence-corrected chi connectivity index (χ3v) is 4.80. The zero-order valence-electron chi connectivity index (χ0n) is 15.2. The minimum Gasteiger partial charge on any atom is -0.325 e. The van der Waals surface area contributed by atoms with Gasteiger partial charge in [0.15, 0.2) is 5.78 Å². The Hall–Kier alpha value is -2.95. The van der Waals surface area contributed by atoms with E-state index < -0.39 is 5.41 Å². The molecule has 0 aromatic heterocycles. The van der Waals surface area contributed by atoms with Crippen LogP contribution >= 0.6 is 0 Å². The number of hydrogen-bond donors (Lipinski definition) is 2. The van der Waals surface area contributed by atoms with Gasteiger partial charge in [0, 0.05) is 16.9 Å². The van der Waals surface area contributed by atoms with E-state index >= 15 is 0 Å². The van der Waals surface area contributed by atoms with Crippen molar-refractivity contribution in [1.82, 2.24) is 0 Å². The average Bonchev–Trinajstić information content (AvgIpc) is 3.40. The molecular weight excluding hydrogens is 328 g/mol. The minimum atomic E-state index is -1.02. The van der Waals surface area contributed by atoms with Gasteiger partial charge in [-0.1, -0.05) is 17.7 Å². The van der Waals surface area contributed by atoms with Gasteiger partial charge >= 0.3 is 0 Å². The molecule has 5 heteroatoms. The number of nitrogens with one attached hydrogen (secondary N) is 2. The molecule has 2 N–H and O–H groups in total. The molecule has 2 aromatic rings. The molecule has 2 aromatic carbocycles. The first-order valence-corrected chi connectivity index (χ1v) is 8.63. The lowest BCUT2D eigenvalue weighted by Crippen LogP contribution is -2.35. The summed E-state index contributed by atoms with van der Waals surface area (Å²) in [5.74, 6) is -0.618. The van der Waals surface area contributed by atoms with Crippen molar-refractivity contribution in [3.05, 3.63) is 59.2 Å². The predicted molar refractivity (Wildman–Crippen MR) is 101 cm³/mol. The molecule has 1 aliphatic carbocycles. The Balaban J connectivity index is 1.70. The zero-order valence-corrected chi connectivity index (χ0v) is 15.2. The Morgan fingerprint density at radius 1 is 0.885 bits per heavy atom. The summed E-state index contributed by atoms with van der Waals surface area (Å²) in [6.07, 6.45) is 1.06. The summed E-state index contributed by atoms with van der Waals surface area (Å²) in [7, 11) is 0. The van der Waals surface area contributed by atoms with E-state index in [-0.39, 0.29) is 17.6 Å². The molecule has 0 bridgehead atoms. The molecule has 0 radical (unpaired) electrons. The Morgan fingerprint density at radius 2 is 1.50 bits per heavy atom. The summed E-state index contributed by atoms with van der Waals surface area (Å²) in [5, 5.41) is 5.68. The van der Waals surface area contributed by atoms with E-state index in [1.807, 2.05) is 32.0 Å². The normalized spacial score (nSPS) is 14.4. The van der Waals surface area contributed by atoms with Crippen molar-refractivity contribution in [2.24, 2.45) is 5.41 Å². The molecular formula is C21H22N2O3.